The van der Waals surface area contributed by atoms with E-state index in [1.54, 1.807) is 27.7 Å². The SMILES string of the molecule is CCOC(=O)[C-](C)C(=O)OC(C)(C)C.[Na+]. The molecule has 0 aliphatic rings. The molecule has 0 unspecified atom stereocenters. The summed E-state index contributed by atoms with van der Waals surface area (Å²) in [5.74, 6) is -1.28. The van der Waals surface area contributed by atoms with Crippen LogP contribution in [-0.2, 0) is 19.1 Å². The van der Waals surface area contributed by atoms with Crippen LogP contribution in [0.5, 0.6) is 0 Å². The van der Waals surface area contributed by atoms with Crippen molar-refractivity contribution < 1.29 is 48.6 Å². The van der Waals surface area contributed by atoms with Gasteiger partial charge in [-0.1, -0.05) is 0 Å². The fraction of sp³-hybridized carbons (Fsp3) is 0.700. The van der Waals surface area contributed by atoms with Gasteiger partial charge in [0.1, 0.15) is 5.60 Å². The fourth-order valence-corrected chi connectivity index (χ4v) is 0.677. The molecule has 0 radical (unpaired) electrons. The summed E-state index contributed by atoms with van der Waals surface area (Å²) in [6.07, 6.45) is 0. The van der Waals surface area contributed by atoms with Gasteiger partial charge in [0, 0.05) is 0 Å². The number of carbonyl (C=O) groups excluding carboxylic acids is 2. The molecule has 0 aromatic heterocycles. The Hall–Kier alpha value is -0.190. The monoisotopic (exact) mass is 224 g/mol. The number of rotatable bonds is 3. The zero-order chi connectivity index (χ0) is 11.4. The fourth-order valence-electron chi connectivity index (χ4n) is 0.677. The van der Waals surface area contributed by atoms with Crippen molar-refractivity contribution in [2.75, 3.05) is 6.61 Å². The van der Waals surface area contributed by atoms with Crippen molar-refractivity contribution in [2.45, 2.75) is 40.2 Å². The molecule has 15 heavy (non-hydrogen) atoms. The number of carbonyl (C=O) groups is 2. The van der Waals surface area contributed by atoms with E-state index in [0.29, 0.717) is 0 Å². The molecular weight excluding hydrogens is 207 g/mol. The number of esters is 2. The molecule has 0 rings (SSSR count). The second-order valence-electron chi connectivity index (χ2n) is 3.85. The Morgan fingerprint density at radius 3 is 2.00 bits per heavy atom. The maximum Gasteiger partial charge on any atom is 1.00 e. The average molecular weight is 224 g/mol. The van der Waals surface area contributed by atoms with E-state index < -0.39 is 17.5 Å². The Labute approximate surface area is 113 Å². The van der Waals surface area contributed by atoms with Crippen LogP contribution < -0.4 is 29.6 Å². The van der Waals surface area contributed by atoms with Crippen LogP contribution in [0.15, 0.2) is 0 Å². The quantitative estimate of drug-likeness (QED) is 0.253. The van der Waals surface area contributed by atoms with Gasteiger partial charge >= 0.3 is 29.6 Å². The number of hydrogen-bond donors (Lipinski definition) is 0. The van der Waals surface area contributed by atoms with Gasteiger partial charge in [-0.15, -0.1) is 0 Å². The Morgan fingerprint density at radius 1 is 1.20 bits per heavy atom. The zero-order valence-electron chi connectivity index (χ0n) is 10.3. The molecule has 0 spiro atoms. The van der Waals surface area contributed by atoms with Crippen molar-refractivity contribution in [1.82, 2.24) is 0 Å². The predicted molar refractivity (Wildman–Crippen MR) is 51.4 cm³/mol. The Balaban J connectivity index is 0. The van der Waals surface area contributed by atoms with Crippen LogP contribution in [0.4, 0.5) is 0 Å². The van der Waals surface area contributed by atoms with E-state index in [9.17, 15) is 9.59 Å². The van der Waals surface area contributed by atoms with Crippen molar-refractivity contribution in [3.8, 4) is 0 Å². The van der Waals surface area contributed by atoms with Gasteiger partial charge in [0.2, 0.25) is 0 Å². The van der Waals surface area contributed by atoms with Gasteiger partial charge in [-0.25, -0.2) is 0 Å². The molecule has 0 N–H and O–H groups in total. The predicted octanol–water partition coefficient (Wildman–Crippen LogP) is -1.51. The number of ether oxygens (including phenoxy) is 2. The van der Waals surface area contributed by atoms with E-state index in [2.05, 4.69) is 4.74 Å². The molecule has 0 amide bonds. The van der Waals surface area contributed by atoms with Crippen molar-refractivity contribution in [3.05, 3.63) is 5.92 Å². The van der Waals surface area contributed by atoms with Crippen molar-refractivity contribution in [2.24, 2.45) is 0 Å². The van der Waals surface area contributed by atoms with Crippen molar-refractivity contribution in [1.29, 1.82) is 0 Å². The molecule has 0 aromatic carbocycles. The van der Waals surface area contributed by atoms with Crippen LogP contribution >= 0.6 is 0 Å². The molecule has 82 valence electrons. The van der Waals surface area contributed by atoms with Crippen LogP contribution in [0.1, 0.15) is 34.6 Å². The van der Waals surface area contributed by atoms with Gasteiger partial charge in [0.05, 0.1) is 6.61 Å². The van der Waals surface area contributed by atoms with Gasteiger partial charge in [0.25, 0.3) is 0 Å². The molecule has 0 aliphatic carbocycles. The van der Waals surface area contributed by atoms with Crippen LogP contribution in [0.25, 0.3) is 0 Å². The summed E-state index contributed by atoms with van der Waals surface area (Å²) in [5.41, 5.74) is -0.592. The first-order valence-corrected chi connectivity index (χ1v) is 4.52. The maximum absolute atomic E-state index is 11.3. The summed E-state index contributed by atoms with van der Waals surface area (Å²) in [6, 6.07) is 0. The second-order valence-corrected chi connectivity index (χ2v) is 3.85. The van der Waals surface area contributed by atoms with Crippen LogP contribution in [0.2, 0.25) is 0 Å². The zero-order valence-corrected chi connectivity index (χ0v) is 12.3. The molecule has 0 fully saturated rings. The van der Waals surface area contributed by atoms with Gasteiger partial charge in [-0.05, 0) is 27.7 Å². The van der Waals surface area contributed by atoms with E-state index in [4.69, 9.17) is 4.74 Å². The van der Waals surface area contributed by atoms with Crippen LogP contribution in [-0.4, -0.2) is 24.1 Å². The summed E-state index contributed by atoms with van der Waals surface area (Å²) >= 11 is 0. The third-order valence-corrected chi connectivity index (χ3v) is 1.29. The summed E-state index contributed by atoms with van der Waals surface area (Å²) in [6.45, 7) is 8.54. The van der Waals surface area contributed by atoms with Crippen molar-refractivity contribution >= 4 is 11.9 Å². The largest absolute Gasteiger partial charge is 1.00 e. The minimum Gasteiger partial charge on any atom is -0.488 e. The maximum atomic E-state index is 11.3. The molecule has 0 saturated carbocycles. The summed E-state index contributed by atoms with van der Waals surface area (Å²) in [7, 11) is 0. The molecule has 5 heteroatoms. The summed E-state index contributed by atoms with van der Waals surface area (Å²) in [5, 5.41) is 0. The molecule has 0 bridgehead atoms. The van der Waals surface area contributed by atoms with Gasteiger partial charge in [-0.2, -0.15) is 12.8 Å². The molecule has 0 aromatic rings. The first kappa shape index (κ1) is 17.2. The standard InChI is InChI=1S/C10H17O4.Na/c1-6-13-8(11)7(2)9(12)14-10(3,4)5;/h6H2,1-5H3;/q-1;+1. The average Bonchev–Trinajstić information content (AvgIpc) is 2.00. The summed E-state index contributed by atoms with van der Waals surface area (Å²) < 4.78 is 9.65. The first-order chi connectivity index (χ1) is 6.28. The first-order valence-electron chi connectivity index (χ1n) is 4.52. The third kappa shape index (κ3) is 7.71. The Bertz CT molecular complexity index is 220. The molecule has 0 atom stereocenters. The van der Waals surface area contributed by atoms with E-state index in [-0.39, 0.29) is 42.1 Å². The molecule has 0 saturated heterocycles. The van der Waals surface area contributed by atoms with Crippen LogP contribution in [0.3, 0.4) is 0 Å². The minimum absolute atomic E-state index is 0. The molecule has 0 heterocycles. The van der Waals surface area contributed by atoms with Crippen LogP contribution in [0, 0.1) is 5.92 Å². The normalized spacial score (nSPS) is 9.93. The second kappa shape index (κ2) is 7.14. The topological polar surface area (TPSA) is 52.6 Å². The van der Waals surface area contributed by atoms with E-state index in [1.807, 2.05) is 0 Å². The minimum atomic E-state index is -0.629. The van der Waals surface area contributed by atoms with E-state index in [1.165, 1.54) is 6.92 Å². The van der Waals surface area contributed by atoms with Gasteiger partial charge in [0.15, 0.2) is 11.9 Å². The van der Waals surface area contributed by atoms with E-state index >= 15 is 0 Å². The Morgan fingerprint density at radius 2 is 1.67 bits per heavy atom. The third-order valence-electron chi connectivity index (χ3n) is 1.29. The van der Waals surface area contributed by atoms with E-state index in [0.717, 1.165) is 0 Å². The van der Waals surface area contributed by atoms with Gasteiger partial charge < -0.3 is 9.47 Å². The summed E-state index contributed by atoms with van der Waals surface area (Å²) in [4.78, 5) is 22.4. The smallest absolute Gasteiger partial charge is 0.488 e. The molecule has 0 aliphatic heterocycles. The molecular formula is C10H17NaO4. The Kier molecular flexibility index (Phi) is 8.20. The van der Waals surface area contributed by atoms with Crippen molar-refractivity contribution in [3.63, 3.8) is 0 Å². The molecule has 4 nitrogen and oxygen atoms in total. The van der Waals surface area contributed by atoms with Gasteiger partial charge in [-0.3, -0.25) is 9.59 Å². The number of hydrogen-bond acceptors (Lipinski definition) is 4.